The minimum Gasteiger partial charge on any atom is -0.477 e. The molecule has 180 valence electrons. The number of rotatable bonds is 6. The molecule has 35 heavy (non-hydrogen) atoms. The molecule has 0 radical (unpaired) electrons. The number of ether oxygens (including phenoxy) is 1. The third-order valence-electron chi connectivity index (χ3n) is 6.09. The number of carbonyl (C=O) groups excluding carboxylic acids is 1. The predicted molar refractivity (Wildman–Crippen MR) is 125 cm³/mol. The van der Waals surface area contributed by atoms with Crippen LogP contribution in [0.25, 0.3) is 17.0 Å². The van der Waals surface area contributed by atoms with Crippen molar-refractivity contribution in [3.8, 4) is 17.3 Å². The molecule has 1 fully saturated rings. The average molecular weight is 479 g/mol. The van der Waals surface area contributed by atoms with E-state index in [9.17, 15) is 13.6 Å². The van der Waals surface area contributed by atoms with Gasteiger partial charge in [0, 0.05) is 43.7 Å². The largest absolute Gasteiger partial charge is 0.477 e. The molecule has 3 heterocycles. The van der Waals surface area contributed by atoms with Crippen LogP contribution in [0.2, 0.25) is 0 Å². The van der Waals surface area contributed by atoms with Crippen molar-refractivity contribution in [3.63, 3.8) is 0 Å². The quantitative estimate of drug-likeness (QED) is 0.424. The van der Waals surface area contributed by atoms with Gasteiger partial charge in [0.1, 0.15) is 0 Å². The molecule has 8 nitrogen and oxygen atoms in total. The van der Waals surface area contributed by atoms with Gasteiger partial charge in [-0.1, -0.05) is 18.2 Å². The summed E-state index contributed by atoms with van der Waals surface area (Å²) in [6, 6.07) is 11.0. The summed E-state index contributed by atoms with van der Waals surface area (Å²) in [5.74, 6) is -0.788. The second kappa shape index (κ2) is 9.75. The number of benzene rings is 2. The number of aromatic nitrogens is 4. The first-order valence-electron chi connectivity index (χ1n) is 11.3. The Morgan fingerprint density at radius 3 is 2.49 bits per heavy atom. The van der Waals surface area contributed by atoms with E-state index in [0.717, 1.165) is 30.8 Å². The Hall–Kier alpha value is -3.92. The van der Waals surface area contributed by atoms with Crippen LogP contribution in [0.5, 0.6) is 5.88 Å². The van der Waals surface area contributed by atoms with Gasteiger partial charge in [-0.25, -0.2) is 13.2 Å². The van der Waals surface area contributed by atoms with E-state index in [-0.39, 0.29) is 12.5 Å². The molecular formula is C25H24F2N6O2. The fourth-order valence-electron chi connectivity index (χ4n) is 4.03. The SMILES string of the molecule is CN1CCN(C(=O)c2ccc(-c3nnc4cncc(OCCc5ccc(F)c(F)c5)n34)cc2)CC1. The number of amides is 1. The lowest BCUT2D eigenvalue weighted by molar-refractivity contribution is 0.0664. The molecule has 1 saturated heterocycles. The number of nitrogens with zero attached hydrogens (tertiary/aromatic N) is 6. The Morgan fingerprint density at radius 2 is 1.74 bits per heavy atom. The van der Waals surface area contributed by atoms with Crippen LogP contribution in [0.15, 0.2) is 54.9 Å². The van der Waals surface area contributed by atoms with Crippen LogP contribution in [-0.4, -0.2) is 75.1 Å². The summed E-state index contributed by atoms with van der Waals surface area (Å²) in [7, 11) is 2.05. The average Bonchev–Trinajstić information content (AvgIpc) is 3.31. The molecule has 1 aliphatic heterocycles. The van der Waals surface area contributed by atoms with Crippen molar-refractivity contribution in [3.05, 3.63) is 77.6 Å². The van der Waals surface area contributed by atoms with E-state index in [2.05, 4.69) is 27.1 Å². The lowest BCUT2D eigenvalue weighted by atomic mass is 10.1. The van der Waals surface area contributed by atoms with Crippen molar-refractivity contribution in [1.82, 2.24) is 29.4 Å². The molecule has 0 atom stereocenters. The Kier molecular flexibility index (Phi) is 6.37. The number of likely N-dealkylation sites (N-methyl/N-ethyl adjacent to an activating group) is 1. The number of carbonyl (C=O) groups is 1. The standard InChI is InChI=1S/C25H24F2N6O2/c1-31-9-11-32(12-10-31)25(34)19-5-3-18(4-6-19)24-30-29-22-15-28-16-23(33(22)24)35-13-8-17-2-7-20(26)21(27)14-17/h2-7,14-16H,8-13H2,1H3. The van der Waals surface area contributed by atoms with Crippen LogP contribution in [0, 0.1) is 11.6 Å². The fourth-order valence-corrected chi connectivity index (χ4v) is 4.03. The first kappa shape index (κ1) is 22.9. The number of hydrogen-bond acceptors (Lipinski definition) is 6. The van der Waals surface area contributed by atoms with E-state index in [0.29, 0.717) is 48.0 Å². The molecule has 0 aliphatic carbocycles. The van der Waals surface area contributed by atoms with Gasteiger partial charge < -0.3 is 14.5 Å². The highest BCUT2D eigenvalue weighted by atomic mass is 19.2. The van der Waals surface area contributed by atoms with Crippen LogP contribution >= 0.6 is 0 Å². The third kappa shape index (κ3) is 4.83. The molecule has 0 bridgehead atoms. The van der Waals surface area contributed by atoms with Gasteiger partial charge in [0.15, 0.2) is 23.1 Å². The summed E-state index contributed by atoms with van der Waals surface area (Å²) in [5, 5.41) is 8.47. The van der Waals surface area contributed by atoms with Crippen LogP contribution in [-0.2, 0) is 6.42 Å². The van der Waals surface area contributed by atoms with Crippen molar-refractivity contribution < 1.29 is 18.3 Å². The van der Waals surface area contributed by atoms with Gasteiger partial charge in [0.05, 0.1) is 19.0 Å². The predicted octanol–water partition coefficient (Wildman–Crippen LogP) is 3.08. The lowest BCUT2D eigenvalue weighted by Gasteiger charge is -2.32. The van der Waals surface area contributed by atoms with E-state index in [1.165, 1.54) is 6.07 Å². The summed E-state index contributed by atoms with van der Waals surface area (Å²) >= 11 is 0. The molecule has 0 saturated carbocycles. The van der Waals surface area contributed by atoms with Gasteiger partial charge in [-0.2, -0.15) is 0 Å². The van der Waals surface area contributed by atoms with E-state index in [1.54, 1.807) is 28.9 Å². The van der Waals surface area contributed by atoms with Crippen molar-refractivity contribution in [2.45, 2.75) is 6.42 Å². The number of hydrogen-bond donors (Lipinski definition) is 0. The molecule has 4 aromatic rings. The minimum absolute atomic E-state index is 0.0150. The summed E-state index contributed by atoms with van der Waals surface area (Å²) < 4.78 is 34.3. The van der Waals surface area contributed by atoms with Gasteiger partial charge >= 0.3 is 0 Å². The van der Waals surface area contributed by atoms with Crippen LogP contribution in [0.4, 0.5) is 8.78 Å². The molecule has 0 N–H and O–H groups in total. The number of fused-ring (bicyclic) bond motifs is 1. The van der Waals surface area contributed by atoms with Gasteiger partial charge in [-0.15, -0.1) is 10.2 Å². The Bertz CT molecular complexity index is 1350. The van der Waals surface area contributed by atoms with Crippen LogP contribution in [0.3, 0.4) is 0 Å². The second-order valence-electron chi connectivity index (χ2n) is 8.48. The summed E-state index contributed by atoms with van der Waals surface area (Å²) in [6.07, 6.45) is 3.51. The smallest absolute Gasteiger partial charge is 0.253 e. The molecule has 0 spiro atoms. The van der Waals surface area contributed by atoms with E-state index < -0.39 is 11.6 Å². The van der Waals surface area contributed by atoms with Crippen molar-refractivity contribution in [2.75, 3.05) is 39.8 Å². The van der Waals surface area contributed by atoms with Gasteiger partial charge in [0.2, 0.25) is 5.88 Å². The topological polar surface area (TPSA) is 75.9 Å². The number of halogens is 2. The zero-order valence-corrected chi connectivity index (χ0v) is 19.2. The molecular weight excluding hydrogens is 454 g/mol. The zero-order valence-electron chi connectivity index (χ0n) is 19.2. The van der Waals surface area contributed by atoms with Crippen LogP contribution < -0.4 is 4.74 Å². The molecule has 1 amide bonds. The second-order valence-corrected chi connectivity index (χ2v) is 8.48. The van der Waals surface area contributed by atoms with Crippen molar-refractivity contribution in [1.29, 1.82) is 0 Å². The minimum atomic E-state index is -0.887. The maximum absolute atomic E-state index is 13.5. The molecule has 1 aliphatic rings. The summed E-state index contributed by atoms with van der Waals surface area (Å²) in [6.45, 7) is 3.38. The monoisotopic (exact) mass is 478 g/mol. The maximum Gasteiger partial charge on any atom is 0.253 e. The molecule has 2 aromatic carbocycles. The first-order chi connectivity index (χ1) is 17.0. The van der Waals surface area contributed by atoms with E-state index >= 15 is 0 Å². The molecule has 0 unspecified atom stereocenters. The van der Waals surface area contributed by atoms with Crippen LogP contribution in [0.1, 0.15) is 15.9 Å². The highest BCUT2D eigenvalue weighted by molar-refractivity contribution is 5.94. The fraction of sp³-hybridized carbons (Fsp3) is 0.280. The molecule has 5 rings (SSSR count). The zero-order chi connectivity index (χ0) is 24.4. The van der Waals surface area contributed by atoms with Crippen molar-refractivity contribution in [2.24, 2.45) is 0 Å². The van der Waals surface area contributed by atoms with Crippen molar-refractivity contribution >= 4 is 11.6 Å². The molecule has 2 aromatic heterocycles. The van der Waals surface area contributed by atoms with Gasteiger partial charge in [0.25, 0.3) is 5.91 Å². The summed E-state index contributed by atoms with van der Waals surface area (Å²) in [5.41, 5.74) is 2.51. The highest BCUT2D eigenvalue weighted by Gasteiger charge is 2.21. The summed E-state index contributed by atoms with van der Waals surface area (Å²) in [4.78, 5) is 21.1. The van der Waals surface area contributed by atoms with E-state index in [1.807, 2.05) is 17.0 Å². The third-order valence-corrected chi connectivity index (χ3v) is 6.09. The lowest BCUT2D eigenvalue weighted by Crippen LogP contribution is -2.47. The Morgan fingerprint density at radius 1 is 0.971 bits per heavy atom. The first-order valence-corrected chi connectivity index (χ1v) is 11.3. The van der Waals surface area contributed by atoms with Gasteiger partial charge in [-0.3, -0.25) is 9.78 Å². The Balaban J connectivity index is 1.33. The number of piperazine rings is 1. The highest BCUT2D eigenvalue weighted by Crippen LogP contribution is 2.24. The normalized spacial score (nSPS) is 14.4. The van der Waals surface area contributed by atoms with E-state index in [4.69, 9.17) is 4.74 Å². The molecule has 10 heteroatoms. The maximum atomic E-state index is 13.5. The van der Waals surface area contributed by atoms with Gasteiger partial charge in [-0.05, 0) is 36.9 Å². The Labute approximate surface area is 200 Å².